The van der Waals surface area contributed by atoms with Crippen molar-refractivity contribution in [1.82, 2.24) is 15.1 Å². The summed E-state index contributed by atoms with van der Waals surface area (Å²) in [6.45, 7) is 12.0. The van der Waals surface area contributed by atoms with Crippen LogP contribution in [0.2, 0.25) is 0 Å². The molecule has 0 fully saturated rings. The molecule has 0 aliphatic rings. The molecule has 1 aromatic heterocycles. The van der Waals surface area contributed by atoms with Gasteiger partial charge in [-0.2, -0.15) is 5.10 Å². The molecule has 1 rings (SSSR count). The van der Waals surface area contributed by atoms with Crippen LogP contribution in [0.5, 0.6) is 0 Å². The first-order valence-corrected chi connectivity index (χ1v) is 6.22. The molecule has 1 N–H and O–H groups in total. The Morgan fingerprint density at radius 3 is 2.31 bits per heavy atom. The second kappa shape index (κ2) is 5.48. The summed E-state index contributed by atoms with van der Waals surface area (Å²) >= 11 is 0. The van der Waals surface area contributed by atoms with Gasteiger partial charge in [-0.05, 0) is 32.7 Å². The number of nitrogens with one attached hydrogen (secondary N) is 1. The van der Waals surface area contributed by atoms with E-state index in [9.17, 15) is 0 Å². The minimum Gasteiger partial charge on any atom is -0.310 e. The molecule has 3 heteroatoms. The molecule has 92 valence electrons. The second-order valence-electron chi connectivity index (χ2n) is 4.88. The van der Waals surface area contributed by atoms with E-state index in [2.05, 4.69) is 45.0 Å². The van der Waals surface area contributed by atoms with Gasteiger partial charge in [0.25, 0.3) is 0 Å². The maximum Gasteiger partial charge on any atom is 0.0644 e. The molecule has 1 heterocycles. The Bertz CT molecular complexity index is 339. The maximum atomic E-state index is 4.50. The normalized spacial score (nSPS) is 13.4. The Hall–Kier alpha value is -0.830. The largest absolute Gasteiger partial charge is 0.310 e. The minimum atomic E-state index is 0.425. The summed E-state index contributed by atoms with van der Waals surface area (Å²) in [5, 5.41) is 8.13. The third-order valence-corrected chi connectivity index (χ3v) is 3.16. The third kappa shape index (κ3) is 2.64. The smallest absolute Gasteiger partial charge is 0.0644 e. The fraction of sp³-hybridized carbons (Fsp3) is 0.769. The topological polar surface area (TPSA) is 29.9 Å². The first-order chi connectivity index (χ1) is 7.49. The van der Waals surface area contributed by atoms with E-state index < -0.39 is 0 Å². The Morgan fingerprint density at radius 1 is 1.31 bits per heavy atom. The molecule has 0 aliphatic carbocycles. The van der Waals surface area contributed by atoms with E-state index in [4.69, 9.17) is 0 Å². The zero-order valence-corrected chi connectivity index (χ0v) is 11.5. The van der Waals surface area contributed by atoms with Crippen LogP contribution in [0, 0.1) is 19.8 Å². The zero-order chi connectivity index (χ0) is 12.3. The lowest BCUT2D eigenvalue weighted by atomic mass is 9.94. The highest BCUT2D eigenvalue weighted by atomic mass is 15.3. The van der Waals surface area contributed by atoms with Crippen LogP contribution in [0.1, 0.15) is 50.2 Å². The van der Waals surface area contributed by atoms with Crippen molar-refractivity contribution < 1.29 is 0 Å². The molecule has 0 saturated carbocycles. The SMILES string of the molecule is CCCNC(c1c(C)nn(C)c1C)C(C)C. The monoisotopic (exact) mass is 223 g/mol. The summed E-state index contributed by atoms with van der Waals surface area (Å²) in [6.07, 6.45) is 1.17. The molecule has 1 atom stereocenters. The van der Waals surface area contributed by atoms with Gasteiger partial charge in [-0.3, -0.25) is 4.68 Å². The highest BCUT2D eigenvalue weighted by molar-refractivity contribution is 5.28. The predicted octanol–water partition coefficient (Wildman–Crippen LogP) is 2.73. The molecule has 0 aliphatic heterocycles. The van der Waals surface area contributed by atoms with Crippen LogP contribution in [0.4, 0.5) is 0 Å². The third-order valence-electron chi connectivity index (χ3n) is 3.16. The van der Waals surface area contributed by atoms with E-state index in [-0.39, 0.29) is 0 Å². The molecule has 16 heavy (non-hydrogen) atoms. The number of aryl methyl sites for hydroxylation is 2. The maximum absolute atomic E-state index is 4.50. The Kier molecular flexibility index (Phi) is 4.54. The first kappa shape index (κ1) is 13.2. The van der Waals surface area contributed by atoms with Crippen LogP contribution in [-0.4, -0.2) is 16.3 Å². The molecule has 0 spiro atoms. The fourth-order valence-electron chi connectivity index (χ4n) is 2.21. The van der Waals surface area contributed by atoms with Crippen molar-refractivity contribution >= 4 is 0 Å². The quantitative estimate of drug-likeness (QED) is 0.832. The lowest BCUT2D eigenvalue weighted by Gasteiger charge is -2.23. The summed E-state index contributed by atoms with van der Waals surface area (Å²) in [5.41, 5.74) is 3.81. The van der Waals surface area contributed by atoms with Crippen molar-refractivity contribution in [2.24, 2.45) is 13.0 Å². The van der Waals surface area contributed by atoms with E-state index >= 15 is 0 Å². The van der Waals surface area contributed by atoms with Gasteiger partial charge < -0.3 is 5.32 Å². The number of hydrogen-bond donors (Lipinski definition) is 1. The first-order valence-electron chi connectivity index (χ1n) is 6.22. The molecule has 0 bridgehead atoms. The molecule has 0 saturated heterocycles. The molecule has 1 aromatic rings. The van der Waals surface area contributed by atoms with Crippen LogP contribution >= 0.6 is 0 Å². The van der Waals surface area contributed by atoms with Gasteiger partial charge in [0.1, 0.15) is 0 Å². The highest BCUT2D eigenvalue weighted by Gasteiger charge is 2.22. The van der Waals surface area contributed by atoms with Gasteiger partial charge >= 0.3 is 0 Å². The van der Waals surface area contributed by atoms with E-state index in [0.29, 0.717) is 12.0 Å². The standard InChI is InChI=1S/C13H25N3/c1-7-8-14-13(9(2)3)12-10(4)15-16(6)11(12)5/h9,13-14H,7-8H2,1-6H3. The van der Waals surface area contributed by atoms with Crippen molar-refractivity contribution in [2.75, 3.05) is 6.54 Å². The van der Waals surface area contributed by atoms with E-state index in [1.54, 1.807) is 0 Å². The van der Waals surface area contributed by atoms with Gasteiger partial charge in [0.2, 0.25) is 0 Å². The van der Waals surface area contributed by atoms with Crippen LogP contribution < -0.4 is 5.32 Å². The summed E-state index contributed by atoms with van der Waals surface area (Å²) < 4.78 is 1.98. The summed E-state index contributed by atoms with van der Waals surface area (Å²) in [5.74, 6) is 0.591. The van der Waals surface area contributed by atoms with Gasteiger partial charge in [0, 0.05) is 24.3 Å². The van der Waals surface area contributed by atoms with Crippen molar-refractivity contribution in [3.05, 3.63) is 17.0 Å². The molecular weight excluding hydrogens is 198 g/mol. The molecule has 0 radical (unpaired) electrons. The predicted molar refractivity (Wildman–Crippen MR) is 68.6 cm³/mol. The van der Waals surface area contributed by atoms with Gasteiger partial charge in [0.15, 0.2) is 0 Å². The molecule has 1 unspecified atom stereocenters. The van der Waals surface area contributed by atoms with Crippen molar-refractivity contribution in [3.8, 4) is 0 Å². The van der Waals surface area contributed by atoms with Crippen molar-refractivity contribution in [2.45, 2.75) is 47.1 Å². The zero-order valence-electron chi connectivity index (χ0n) is 11.5. The van der Waals surface area contributed by atoms with Gasteiger partial charge in [0.05, 0.1) is 5.69 Å². The number of rotatable bonds is 5. The Balaban J connectivity index is 3.00. The van der Waals surface area contributed by atoms with Gasteiger partial charge in [-0.25, -0.2) is 0 Å². The Morgan fingerprint density at radius 2 is 1.94 bits per heavy atom. The minimum absolute atomic E-state index is 0.425. The molecular formula is C13H25N3. The van der Waals surface area contributed by atoms with Crippen molar-refractivity contribution in [3.63, 3.8) is 0 Å². The summed E-state index contributed by atoms with van der Waals surface area (Å²) in [7, 11) is 2.02. The van der Waals surface area contributed by atoms with Gasteiger partial charge in [-0.15, -0.1) is 0 Å². The highest BCUT2D eigenvalue weighted by Crippen LogP contribution is 2.27. The number of hydrogen-bond acceptors (Lipinski definition) is 2. The van der Waals surface area contributed by atoms with E-state index in [1.807, 2.05) is 11.7 Å². The lowest BCUT2D eigenvalue weighted by molar-refractivity contribution is 0.409. The average Bonchev–Trinajstić information content (AvgIpc) is 2.44. The molecule has 0 aromatic carbocycles. The fourth-order valence-corrected chi connectivity index (χ4v) is 2.21. The van der Waals surface area contributed by atoms with Crippen LogP contribution in [-0.2, 0) is 7.05 Å². The second-order valence-corrected chi connectivity index (χ2v) is 4.88. The molecule has 3 nitrogen and oxygen atoms in total. The number of nitrogens with zero attached hydrogens (tertiary/aromatic N) is 2. The van der Waals surface area contributed by atoms with Gasteiger partial charge in [-0.1, -0.05) is 20.8 Å². The summed E-state index contributed by atoms with van der Waals surface area (Å²) in [6, 6.07) is 0.425. The van der Waals surface area contributed by atoms with Crippen LogP contribution in [0.25, 0.3) is 0 Å². The van der Waals surface area contributed by atoms with Crippen LogP contribution in [0.3, 0.4) is 0 Å². The Labute approximate surface area is 99.2 Å². The van der Waals surface area contributed by atoms with E-state index in [0.717, 1.165) is 12.2 Å². The summed E-state index contributed by atoms with van der Waals surface area (Å²) in [4.78, 5) is 0. The number of aromatic nitrogens is 2. The van der Waals surface area contributed by atoms with E-state index in [1.165, 1.54) is 17.7 Å². The lowest BCUT2D eigenvalue weighted by Crippen LogP contribution is -2.27. The van der Waals surface area contributed by atoms with Crippen molar-refractivity contribution in [1.29, 1.82) is 0 Å². The molecule has 0 amide bonds. The van der Waals surface area contributed by atoms with Crippen LogP contribution in [0.15, 0.2) is 0 Å². The average molecular weight is 223 g/mol.